The molecular formula is C13H19NO. The molecule has 0 spiro atoms. The topological polar surface area (TPSA) is 12.5 Å². The standard InChI is InChI=1S/C13H19NO/c1-15-11-14-9-7-13(8-10-14)12-5-3-2-4-6-12/h2-6,13H,7-11H2,1H3. The normalized spacial score (nSPS) is 19.3. The molecule has 0 radical (unpaired) electrons. The second-order valence-corrected chi connectivity index (χ2v) is 4.22. The van der Waals surface area contributed by atoms with Crippen LogP contribution in [0, 0.1) is 0 Å². The van der Waals surface area contributed by atoms with Crippen LogP contribution in [0.15, 0.2) is 30.3 Å². The van der Waals surface area contributed by atoms with Gasteiger partial charge in [0.2, 0.25) is 0 Å². The summed E-state index contributed by atoms with van der Waals surface area (Å²) in [6.07, 6.45) is 2.51. The van der Waals surface area contributed by atoms with Crippen LogP contribution in [0.2, 0.25) is 0 Å². The zero-order chi connectivity index (χ0) is 10.5. The third-order valence-electron chi connectivity index (χ3n) is 3.17. The molecule has 0 amide bonds. The van der Waals surface area contributed by atoms with Crippen LogP contribution >= 0.6 is 0 Å². The van der Waals surface area contributed by atoms with E-state index in [1.807, 2.05) is 0 Å². The van der Waals surface area contributed by atoms with Crippen LogP contribution < -0.4 is 0 Å². The van der Waals surface area contributed by atoms with Gasteiger partial charge >= 0.3 is 0 Å². The molecule has 1 fully saturated rings. The zero-order valence-electron chi connectivity index (χ0n) is 9.36. The minimum atomic E-state index is 0.749. The van der Waals surface area contributed by atoms with Crippen molar-refractivity contribution in [2.45, 2.75) is 18.8 Å². The molecule has 1 saturated heterocycles. The van der Waals surface area contributed by atoms with Gasteiger partial charge in [0.15, 0.2) is 0 Å². The summed E-state index contributed by atoms with van der Waals surface area (Å²) in [5, 5.41) is 0. The Morgan fingerprint density at radius 3 is 2.47 bits per heavy atom. The molecule has 1 aliphatic heterocycles. The smallest absolute Gasteiger partial charge is 0.0986 e. The average Bonchev–Trinajstić information content (AvgIpc) is 2.32. The fourth-order valence-corrected chi connectivity index (χ4v) is 2.30. The van der Waals surface area contributed by atoms with Crippen LogP contribution in [0.3, 0.4) is 0 Å². The summed E-state index contributed by atoms with van der Waals surface area (Å²) in [7, 11) is 1.77. The third kappa shape index (κ3) is 2.80. The Hall–Kier alpha value is -0.860. The molecule has 2 heteroatoms. The zero-order valence-corrected chi connectivity index (χ0v) is 9.36. The highest BCUT2D eigenvalue weighted by Gasteiger charge is 2.19. The molecule has 1 heterocycles. The molecule has 1 aromatic carbocycles. The van der Waals surface area contributed by atoms with E-state index in [2.05, 4.69) is 35.2 Å². The molecular weight excluding hydrogens is 186 g/mol. The quantitative estimate of drug-likeness (QED) is 0.751. The molecule has 82 valence electrons. The Labute approximate surface area is 91.9 Å². The summed E-state index contributed by atoms with van der Waals surface area (Å²) in [5.74, 6) is 0.749. The van der Waals surface area contributed by atoms with Gasteiger partial charge < -0.3 is 4.74 Å². The fourth-order valence-electron chi connectivity index (χ4n) is 2.30. The van der Waals surface area contributed by atoms with Crippen molar-refractivity contribution in [1.82, 2.24) is 4.90 Å². The van der Waals surface area contributed by atoms with Gasteiger partial charge in [-0.2, -0.15) is 0 Å². The summed E-state index contributed by atoms with van der Waals surface area (Å²) in [4.78, 5) is 2.37. The maximum absolute atomic E-state index is 5.15. The van der Waals surface area contributed by atoms with Crippen molar-refractivity contribution >= 4 is 0 Å². The minimum Gasteiger partial charge on any atom is -0.369 e. The van der Waals surface area contributed by atoms with Gasteiger partial charge in [0.05, 0.1) is 6.73 Å². The Morgan fingerprint density at radius 1 is 1.20 bits per heavy atom. The molecule has 1 aromatic rings. The van der Waals surface area contributed by atoms with Crippen LogP contribution in [-0.2, 0) is 4.74 Å². The predicted octanol–water partition coefficient (Wildman–Crippen LogP) is 2.47. The van der Waals surface area contributed by atoms with E-state index in [4.69, 9.17) is 4.74 Å². The molecule has 0 aliphatic carbocycles. The highest BCUT2D eigenvalue weighted by atomic mass is 16.5. The van der Waals surface area contributed by atoms with E-state index in [0.717, 1.165) is 25.7 Å². The van der Waals surface area contributed by atoms with Gasteiger partial charge in [0, 0.05) is 20.2 Å². The van der Waals surface area contributed by atoms with Gasteiger partial charge in [0.1, 0.15) is 0 Å². The lowest BCUT2D eigenvalue weighted by molar-refractivity contribution is 0.0467. The molecule has 0 bridgehead atoms. The van der Waals surface area contributed by atoms with Gasteiger partial charge in [0.25, 0.3) is 0 Å². The first-order chi connectivity index (χ1) is 7.40. The van der Waals surface area contributed by atoms with Crippen molar-refractivity contribution in [3.8, 4) is 0 Å². The first-order valence-corrected chi connectivity index (χ1v) is 5.66. The highest BCUT2D eigenvalue weighted by molar-refractivity contribution is 5.19. The van der Waals surface area contributed by atoms with E-state index >= 15 is 0 Å². The van der Waals surface area contributed by atoms with Gasteiger partial charge in [-0.15, -0.1) is 0 Å². The van der Waals surface area contributed by atoms with Crippen molar-refractivity contribution in [3.05, 3.63) is 35.9 Å². The molecule has 0 unspecified atom stereocenters. The summed E-state index contributed by atoms with van der Waals surface area (Å²) in [5.41, 5.74) is 1.49. The Kier molecular flexibility index (Phi) is 3.75. The number of rotatable bonds is 3. The maximum Gasteiger partial charge on any atom is 0.0986 e. The van der Waals surface area contributed by atoms with Gasteiger partial charge in [-0.1, -0.05) is 30.3 Å². The first kappa shape index (κ1) is 10.7. The largest absolute Gasteiger partial charge is 0.369 e. The third-order valence-corrected chi connectivity index (χ3v) is 3.17. The number of benzene rings is 1. The number of likely N-dealkylation sites (tertiary alicyclic amines) is 1. The van der Waals surface area contributed by atoms with Crippen LogP contribution in [0.4, 0.5) is 0 Å². The summed E-state index contributed by atoms with van der Waals surface area (Å²) < 4.78 is 5.15. The van der Waals surface area contributed by atoms with Crippen LogP contribution in [0.1, 0.15) is 24.3 Å². The van der Waals surface area contributed by atoms with E-state index in [1.54, 1.807) is 7.11 Å². The number of ether oxygens (including phenoxy) is 1. The second-order valence-electron chi connectivity index (χ2n) is 4.22. The summed E-state index contributed by atoms with van der Waals surface area (Å²) in [6.45, 7) is 3.10. The van der Waals surface area contributed by atoms with Crippen molar-refractivity contribution < 1.29 is 4.74 Å². The van der Waals surface area contributed by atoms with Crippen molar-refractivity contribution in [1.29, 1.82) is 0 Å². The highest BCUT2D eigenvalue weighted by Crippen LogP contribution is 2.27. The molecule has 15 heavy (non-hydrogen) atoms. The molecule has 0 atom stereocenters. The van der Waals surface area contributed by atoms with Crippen LogP contribution in [0.25, 0.3) is 0 Å². The monoisotopic (exact) mass is 205 g/mol. The van der Waals surface area contributed by atoms with E-state index in [-0.39, 0.29) is 0 Å². The minimum absolute atomic E-state index is 0.749. The number of hydrogen-bond donors (Lipinski definition) is 0. The lowest BCUT2D eigenvalue weighted by Crippen LogP contribution is -2.34. The number of hydrogen-bond acceptors (Lipinski definition) is 2. The lowest BCUT2D eigenvalue weighted by Gasteiger charge is -2.31. The van der Waals surface area contributed by atoms with Crippen molar-refractivity contribution in [2.24, 2.45) is 0 Å². The van der Waals surface area contributed by atoms with Gasteiger partial charge in [-0.25, -0.2) is 0 Å². The van der Waals surface area contributed by atoms with E-state index < -0.39 is 0 Å². The molecule has 0 aromatic heterocycles. The summed E-state index contributed by atoms with van der Waals surface area (Å²) >= 11 is 0. The molecule has 0 N–H and O–H groups in total. The Balaban J connectivity index is 1.88. The van der Waals surface area contributed by atoms with Crippen molar-refractivity contribution in [2.75, 3.05) is 26.9 Å². The van der Waals surface area contributed by atoms with Gasteiger partial charge in [-0.3, -0.25) is 4.90 Å². The van der Waals surface area contributed by atoms with Crippen LogP contribution in [0.5, 0.6) is 0 Å². The van der Waals surface area contributed by atoms with E-state index in [1.165, 1.54) is 18.4 Å². The number of piperidine rings is 1. The Morgan fingerprint density at radius 2 is 1.87 bits per heavy atom. The van der Waals surface area contributed by atoms with Crippen LogP contribution in [-0.4, -0.2) is 31.8 Å². The summed E-state index contributed by atoms with van der Waals surface area (Å²) in [6, 6.07) is 10.9. The lowest BCUT2D eigenvalue weighted by atomic mass is 9.90. The van der Waals surface area contributed by atoms with Crippen molar-refractivity contribution in [3.63, 3.8) is 0 Å². The predicted molar refractivity (Wildman–Crippen MR) is 61.9 cm³/mol. The van der Waals surface area contributed by atoms with E-state index in [0.29, 0.717) is 0 Å². The second kappa shape index (κ2) is 5.29. The SMILES string of the molecule is COCN1CCC(c2ccccc2)CC1. The fraction of sp³-hybridized carbons (Fsp3) is 0.538. The first-order valence-electron chi connectivity index (χ1n) is 5.66. The Bertz CT molecular complexity index is 278. The average molecular weight is 205 g/mol. The van der Waals surface area contributed by atoms with E-state index in [9.17, 15) is 0 Å². The molecule has 0 saturated carbocycles. The maximum atomic E-state index is 5.15. The number of nitrogens with zero attached hydrogens (tertiary/aromatic N) is 1. The molecule has 2 nitrogen and oxygen atoms in total. The number of methoxy groups -OCH3 is 1. The van der Waals surface area contributed by atoms with Gasteiger partial charge in [-0.05, 0) is 24.3 Å². The molecule has 1 aliphatic rings. The molecule has 2 rings (SSSR count).